The zero-order valence-corrected chi connectivity index (χ0v) is 12.1. The van der Waals surface area contributed by atoms with E-state index in [0.717, 1.165) is 23.1 Å². The van der Waals surface area contributed by atoms with Crippen molar-refractivity contribution in [2.75, 3.05) is 17.2 Å². The number of pyridine rings is 1. The average molecular weight is 299 g/mol. The van der Waals surface area contributed by atoms with Gasteiger partial charge in [-0.1, -0.05) is 35.6 Å². The third-order valence-electron chi connectivity index (χ3n) is 2.96. The molecule has 0 radical (unpaired) electrons. The Bertz CT molecular complexity index is 772. The maximum absolute atomic E-state index is 12.4. The number of rotatable bonds is 4. The van der Waals surface area contributed by atoms with Gasteiger partial charge in [-0.15, -0.1) is 10.2 Å². The van der Waals surface area contributed by atoms with Crippen LogP contribution in [0.5, 0.6) is 0 Å². The molecule has 3 rings (SSSR count). The minimum Gasteiger partial charge on any atom is -0.370 e. The Labute approximate surface area is 125 Å². The Balaban J connectivity index is 2.03. The van der Waals surface area contributed by atoms with Crippen LogP contribution < -0.4 is 10.6 Å². The van der Waals surface area contributed by atoms with E-state index in [4.69, 9.17) is 0 Å². The third-order valence-corrected chi connectivity index (χ3v) is 3.57. The summed E-state index contributed by atoms with van der Waals surface area (Å²) < 4.78 is 0. The first-order valence-corrected chi connectivity index (χ1v) is 7.36. The Hall–Kier alpha value is -2.54. The lowest BCUT2D eigenvalue weighted by molar-refractivity contribution is 0.102. The largest absolute Gasteiger partial charge is 0.370 e. The summed E-state index contributed by atoms with van der Waals surface area (Å²) in [5.41, 5.74) is 2.09. The number of carbonyl (C=O) groups is 1. The second kappa shape index (κ2) is 5.84. The Morgan fingerprint density at radius 3 is 2.81 bits per heavy atom. The molecule has 2 heterocycles. The summed E-state index contributed by atoms with van der Waals surface area (Å²) in [5, 5.41) is 15.7. The van der Waals surface area contributed by atoms with Crippen LogP contribution in [0.15, 0.2) is 36.0 Å². The van der Waals surface area contributed by atoms with Gasteiger partial charge in [-0.25, -0.2) is 4.98 Å². The molecule has 1 amide bonds. The Morgan fingerprint density at radius 1 is 1.29 bits per heavy atom. The van der Waals surface area contributed by atoms with Gasteiger partial charge in [-0.3, -0.25) is 10.1 Å². The molecule has 6 nitrogen and oxygen atoms in total. The van der Waals surface area contributed by atoms with Crippen molar-refractivity contribution in [3.8, 4) is 0 Å². The van der Waals surface area contributed by atoms with Crippen LogP contribution >= 0.6 is 11.3 Å². The van der Waals surface area contributed by atoms with Crippen LogP contribution in [-0.4, -0.2) is 27.6 Å². The molecule has 7 heteroatoms. The normalized spacial score (nSPS) is 10.5. The molecule has 0 unspecified atom stereocenters. The lowest BCUT2D eigenvalue weighted by Gasteiger charge is -2.10. The highest BCUT2D eigenvalue weighted by Gasteiger charge is 2.14. The molecule has 0 fully saturated rings. The molecular formula is C14H13N5OS. The van der Waals surface area contributed by atoms with Crippen molar-refractivity contribution in [3.63, 3.8) is 0 Å². The minimum absolute atomic E-state index is 0.238. The van der Waals surface area contributed by atoms with E-state index in [0.29, 0.717) is 10.7 Å². The standard InChI is InChI=1S/C14H13N5OS/c1-2-15-12-10-6-4-3-5-9(10)11(7-16-12)13(20)18-14-19-17-8-21-14/h3-8H,2H2,1H3,(H,15,16)(H,18,19,20). The van der Waals surface area contributed by atoms with Gasteiger partial charge in [-0.2, -0.15) is 0 Å². The van der Waals surface area contributed by atoms with Crippen LogP contribution in [0.25, 0.3) is 10.8 Å². The van der Waals surface area contributed by atoms with Crippen molar-refractivity contribution in [1.29, 1.82) is 0 Å². The predicted octanol–water partition coefficient (Wildman–Crippen LogP) is 2.77. The van der Waals surface area contributed by atoms with Crippen LogP contribution in [0.3, 0.4) is 0 Å². The molecule has 0 atom stereocenters. The summed E-state index contributed by atoms with van der Waals surface area (Å²) in [6.07, 6.45) is 1.58. The van der Waals surface area contributed by atoms with Gasteiger partial charge in [-0.05, 0) is 12.3 Å². The highest BCUT2D eigenvalue weighted by Crippen LogP contribution is 2.25. The number of aromatic nitrogens is 3. The van der Waals surface area contributed by atoms with Gasteiger partial charge < -0.3 is 5.32 Å². The number of benzene rings is 1. The third kappa shape index (κ3) is 2.68. The van der Waals surface area contributed by atoms with Crippen molar-refractivity contribution < 1.29 is 4.79 Å². The van der Waals surface area contributed by atoms with E-state index < -0.39 is 0 Å². The van der Waals surface area contributed by atoms with Crippen molar-refractivity contribution in [3.05, 3.63) is 41.5 Å². The molecular weight excluding hydrogens is 286 g/mol. The van der Waals surface area contributed by atoms with Crippen LogP contribution in [0.4, 0.5) is 10.9 Å². The fourth-order valence-corrected chi connectivity index (χ4v) is 2.51. The number of carbonyl (C=O) groups excluding carboxylic acids is 1. The highest BCUT2D eigenvalue weighted by molar-refractivity contribution is 7.13. The number of nitrogens with one attached hydrogen (secondary N) is 2. The van der Waals surface area contributed by atoms with E-state index in [9.17, 15) is 4.79 Å². The zero-order chi connectivity index (χ0) is 14.7. The minimum atomic E-state index is -0.238. The molecule has 1 aromatic carbocycles. The number of amides is 1. The van der Waals surface area contributed by atoms with Gasteiger partial charge in [0, 0.05) is 18.1 Å². The van der Waals surface area contributed by atoms with Crippen LogP contribution in [0.2, 0.25) is 0 Å². The molecule has 2 aromatic heterocycles. The van der Waals surface area contributed by atoms with Crippen LogP contribution in [-0.2, 0) is 0 Å². The molecule has 106 valence electrons. The summed E-state index contributed by atoms with van der Waals surface area (Å²) in [6.45, 7) is 2.78. The van der Waals surface area contributed by atoms with E-state index in [1.54, 1.807) is 11.7 Å². The number of fused-ring (bicyclic) bond motifs is 1. The predicted molar refractivity (Wildman–Crippen MR) is 83.8 cm³/mol. The molecule has 0 spiro atoms. The Kier molecular flexibility index (Phi) is 3.74. The molecule has 0 aliphatic carbocycles. The first-order valence-electron chi connectivity index (χ1n) is 6.48. The van der Waals surface area contributed by atoms with Gasteiger partial charge in [0.2, 0.25) is 5.13 Å². The topological polar surface area (TPSA) is 79.8 Å². The monoisotopic (exact) mass is 299 g/mol. The van der Waals surface area contributed by atoms with Crippen LogP contribution in [0.1, 0.15) is 17.3 Å². The summed E-state index contributed by atoms with van der Waals surface area (Å²) in [4.78, 5) is 16.7. The number of hydrogen-bond donors (Lipinski definition) is 2. The fraction of sp³-hybridized carbons (Fsp3) is 0.143. The van der Waals surface area contributed by atoms with Crippen molar-refractivity contribution in [2.45, 2.75) is 6.92 Å². The van der Waals surface area contributed by atoms with Crippen molar-refractivity contribution >= 4 is 39.0 Å². The lowest BCUT2D eigenvalue weighted by Crippen LogP contribution is -2.13. The second-order valence-electron chi connectivity index (χ2n) is 4.29. The smallest absolute Gasteiger partial charge is 0.259 e. The summed E-state index contributed by atoms with van der Waals surface area (Å²) in [6, 6.07) is 7.69. The van der Waals surface area contributed by atoms with Gasteiger partial charge in [0.05, 0.1) is 5.56 Å². The van der Waals surface area contributed by atoms with E-state index >= 15 is 0 Å². The first-order chi connectivity index (χ1) is 10.3. The average Bonchev–Trinajstić information content (AvgIpc) is 3.00. The lowest BCUT2D eigenvalue weighted by atomic mass is 10.1. The molecule has 0 aliphatic heterocycles. The van der Waals surface area contributed by atoms with E-state index in [-0.39, 0.29) is 5.91 Å². The highest BCUT2D eigenvalue weighted by atomic mass is 32.1. The van der Waals surface area contributed by atoms with Crippen LogP contribution in [0, 0.1) is 0 Å². The molecule has 2 N–H and O–H groups in total. The second-order valence-corrected chi connectivity index (χ2v) is 5.13. The van der Waals surface area contributed by atoms with E-state index in [1.165, 1.54) is 11.3 Å². The Morgan fingerprint density at radius 2 is 2.10 bits per heavy atom. The molecule has 0 aliphatic rings. The molecule has 0 saturated heterocycles. The summed E-state index contributed by atoms with van der Waals surface area (Å²) in [7, 11) is 0. The molecule has 3 aromatic rings. The number of hydrogen-bond acceptors (Lipinski definition) is 6. The van der Waals surface area contributed by atoms with E-state index in [2.05, 4.69) is 25.8 Å². The van der Waals surface area contributed by atoms with Crippen molar-refractivity contribution in [1.82, 2.24) is 15.2 Å². The number of anilines is 2. The molecule has 0 bridgehead atoms. The van der Waals surface area contributed by atoms with Crippen molar-refractivity contribution in [2.24, 2.45) is 0 Å². The fourth-order valence-electron chi connectivity index (χ4n) is 2.07. The summed E-state index contributed by atoms with van der Waals surface area (Å²) >= 11 is 1.28. The molecule has 21 heavy (non-hydrogen) atoms. The number of nitrogens with zero attached hydrogens (tertiary/aromatic N) is 3. The first kappa shape index (κ1) is 13.4. The summed E-state index contributed by atoms with van der Waals surface area (Å²) in [5.74, 6) is 0.541. The van der Waals surface area contributed by atoms with Gasteiger partial charge in [0.1, 0.15) is 11.3 Å². The van der Waals surface area contributed by atoms with E-state index in [1.807, 2.05) is 31.2 Å². The van der Waals surface area contributed by atoms with Gasteiger partial charge >= 0.3 is 0 Å². The zero-order valence-electron chi connectivity index (χ0n) is 11.3. The maximum Gasteiger partial charge on any atom is 0.259 e. The van der Waals surface area contributed by atoms with Gasteiger partial charge in [0.25, 0.3) is 5.91 Å². The molecule has 0 saturated carbocycles. The maximum atomic E-state index is 12.4. The van der Waals surface area contributed by atoms with Gasteiger partial charge in [0.15, 0.2) is 0 Å². The SMILES string of the molecule is CCNc1ncc(C(=O)Nc2nncs2)c2ccccc12. The quantitative estimate of drug-likeness (QED) is 0.774.